The fraction of sp³-hybridized carbons (Fsp3) is 0.100. The summed E-state index contributed by atoms with van der Waals surface area (Å²) in [6.45, 7) is 0. The molecule has 2 heterocycles. The molecule has 2 aromatic carbocycles. The highest BCUT2D eigenvalue weighted by Crippen LogP contribution is 2.26. The first kappa shape index (κ1) is 18.8. The van der Waals surface area contributed by atoms with Gasteiger partial charge in [-0.25, -0.2) is 4.68 Å². The van der Waals surface area contributed by atoms with Crippen molar-refractivity contribution in [3.63, 3.8) is 0 Å². The summed E-state index contributed by atoms with van der Waals surface area (Å²) in [7, 11) is 1.62. The van der Waals surface area contributed by atoms with Crippen molar-refractivity contribution >= 4 is 17.5 Å². The van der Waals surface area contributed by atoms with Crippen molar-refractivity contribution in [2.45, 2.75) is 5.16 Å². The summed E-state index contributed by atoms with van der Waals surface area (Å²) in [5.74, 6) is 7.58. The van der Waals surface area contributed by atoms with Gasteiger partial charge in [-0.15, -0.1) is 10.2 Å². The highest BCUT2D eigenvalue weighted by atomic mass is 32.2. The lowest BCUT2D eigenvalue weighted by Gasteiger charge is -2.02. The predicted molar refractivity (Wildman–Crippen MR) is 111 cm³/mol. The lowest BCUT2D eigenvalue weighted by Crippen LogP contribution is -2.12. The molecule has 0 radical (unpaired) electrons. The van der Waals surface area contributed by atoms with Crippen molar-refractivity contribution in [2.75, 3.05) is 18.7 Å². The predicted octanol–water partition coefficient (Wildman–Crippen LogP) is 3.03. The number of nitrogens with zero attached hydrogens (tertiary/aromatic N) is 4. The van der Waals surface area contributed by atoms with Gasteiger partial charge in [0, 0.05) is 11.1 Å². The molecule has 0 fully saturated rings. The molecule has 9 heteroatoms. The lowest BCUT2D eigenvalue weighted by atomic mass is 10.1. The number of methoxy groups -OCH3 is 1. The molecule has 146 valence electrons. The van der Waals surface area contributed by atoms with Crippen LogP contribution < -0.4 is 10.6 Å². The third kappa shape index (κ3) is 3.99. The van der Waals surface area contributed by atoms with Crippen LogP contribution in [0, 0.1) is 0 Å². The molecule has 0 saturated heterocycles. The maximum atomic E-state index is 12.3. The zero-order valence-electron chi connectivity index (χ0n) is 15.6. The Bertz CT molecular complexity index is 1120. The van der Waals surface area contributed by atoms with E-state index in [1.165, 1.54) is 16.4 Å². The number of nitrogens with one attached hydrogen (secondary N) is 1. The van der Waals surface area contributed by atoms with Gasteiger partial charge in [0.05, 0.1) is 18.6 Å². The molecule has 0 bridgehead atoms. The van der Waals surface area contributed by atoms with E-state index in [9.17, 15) is 4.79 Å². The third-order valence-corrected chi connectivity index (χ3v) is 5.24. The largest absolute Gasteiger partial charge is 0.497 e. The number of thioether (sulfide) groups is 1. The van der Waals surface area contributed by atoms with E-state index >= 15 is 0 Å². The second kappa shape index (κ2) is 8.19. The Morgan fingerprint density at radius 1 is 1.14 bits per heavy atom. The Balaban J connectivity index is 1.48. The summed E-state index contributed by atoms with van der Waals surface area (Å²) in [6.07, 6.45) is 0. The molecular weight excluding hydrogens is 388 g/mol. The van der Waals surface area contributed by atoms with Crippen molar-refractivity contribution in [3.8, 4) is 28.5 Å². The number of aromatic nitrogens is 5. The van der Waals surface area contributed by atoms with Gasteiger partial charge in [-0.3, -0.25) is 9.89 Å². The van der Waals surface area contributed by atoms with E-state index < -0.39 is 0 Å². The number of ether oxygens (including phenoxy) is 1. The normalized spacial score (nSPS) is 10.8. The molecular formula is C20H18N6O2S. The van der Waals surface area contributed by atoms with Crippen LogP contribution in [0.25, 0.3) is 22.8 Å². The molecule has 4 aromatic rings. The van der Waals surface area contributed by atoms with E-state index in [0.717, 1.165) is 17.0 Å². The van der Waals surface area contributed by atoms with Crippen LogP contribution in [-0.4, -0.2) is 43.7 Å². The van der Waals surface area contributed by atoms with Crippen LogP contribution in [0.5, 0.6) is 5.75 Å². The van der Waals surface area contributed by atoms with Gasteiger partial charge in [-0.1, -0.05) is 42.1 Å². The number of H-pyrrole nitrogens is 1. The molecule has 0 spiro atoms. The molecule has 0 aliphatic rings. The summed E-state index contributed by atoms with van der Waals surface area (Å²) in [6, 6.07) is 18.5. The van der Waals surface area contributed by atoms with Crippen LogP contribution in [0.15, 0.2) is 65.8 Å². The minimum Gasteiger partial charge on any atom is -0.497 e. The van der Waals surface area contributed by atoms with Crippen LogP contribution in [0.1, 0.15) is 10.4 Å². The number of nitrogen functional groups attached to an aromatic ring is 1. The van der Waals surface area contributed by atoms with Gasteiger partial charge in [0.25, 0.3) is 0 Å². The second-order valence-electron chi connectivity index (χ2n) is 6.15. The van der Waals surface area contributed by atoms with E-state index in [0.29, 0.717) is 22.2 Å². The van der Waals surface area contributed by atoms with Gasteiger partial charge in [0.1, 0.15) is 11.4 Å². The van der Waals surface area contributed by atoms with Crippen LogP contribution >= 0.6 is 11.8 Å². The van der Waals surface area contributed by atoms with Crippen molar-refractivity contribution < 1.29 is 9.53 Å². The van der Waals surface area contributed by atoms with E-state index in [-0.39, 0.29) is 11.5 Å². The fourth-order valence-electron chi connectivity index (χ4n) is 2.74. The molecule has 29 heavy (non-hydrogen) atoms. The Kier molecular flexibility index (Phi) is 5.30. The molecule has 3 N–H and O–H groups in total. The number of benzene rings is 2. The Morgan fingerprint density at radius 3 is 2.62 bits per heavy atom. The molecule has 0 unspecified atom stereocenters. The number of rotatable bonds is 7. The molecule has 4 rings (SSSR count). The summed E-state index contributed by atoms with van der Waals surface area (Å²) >= 11 is 1.24. The standard InChI is InChI=1S/C20H18N6O2S/c1-28-15-9-7-13(8-10-15)16-11-17(23-22-16)19-24-25-20(26(19)21)29-12-18(27)14-5-3-2-4-6-14/h2-11H,12,21H2,1H3,(H,22,23). The SMILES string of the molecule is COc1ccc(-c2cc(-c3nnc(SCC(=O)c4ccccc4)n3N)[nH]n2)cc1. The van der Waals surface area contributed by atoms with Gasteiger partial charge in [-0.05, 0) is 30.3 Å². The van der Waals surface area contributed by atoms with Crippen molar-refractivity contribution in [1.82, 2.24) is 25.1 Å². The first-order valence-corrected chi connectivity index (χ1v) is 9.76. The Morgan fingerprint density at radius 2 is 1.90 bits per heavy atom. The molecule has 0 aliphatic heterocycles. The van der Waals surface area contributed by atoms with Gasteiger partial charge in [0.2, 0.25) is 11.0 Å². The second-order valence-corrected chi connectivity index (χ2v) is 7.09. The molecule has 8 nitrogen and oxygen atoms in total. The van der Waals surface area contributed by atoms with Crippen LogP contribution in [0.2, 0.25) is 0 Å². The number of carbonyl (C=O) groups is 1. The Hall–Kier alpha value is -3.59. The number of Topliss-reactive ketones (excluding diaryl/α,β-unsaturated/α-hetero) is 1. The van der Waals surface area contributed by atoms with E-state index in [2.05, 4.69) is 20.4 Å². The topological polar surface area (TPSA) is 112 Å². The Labute approximate surface area is 171 Å². The fourth-order valence-corrected chi connectivity index (χ4v) is 3.49. The minimum atomic E-state index is 0.00322. The van der Waals surface area contributed by atoms with Gasteiger partial charge in [0.15, 0.2) is 5.78 Å². The number of hydrogen-bond donors (Lipinski definition) is 2. The first-order chi connectivity index (χ1) is 14.2. The summed E-state index contributed by atoms with van der Waals surface area (Å²) in [5.41, 5.74) is 2.96. The molecule has 0 atom stereocenters. The minimum absolute atomic E-state index is 0.00322. The number of nitrogens with two attached hydrogens (primary N) is 1. The monoisotopic (exact) mass is 406 g/mol. The highest BCUT2D eigenvalue weighted by Gasteiger charge is 2.16. The lowest BCUT2D eigenvalue weighted by molar-refractivity contribution is 0.102. The first-order valence-electron chi connectivity index (χ1n) is 8.77. The molecule has 0 saturated carbocycles. The highest BCUT2D eigenvalue weighted by molar-refractivity contribution is 7.99. The van der Waals surface area contributed by atoms with E-state index in [1.807, 2.05) is 48.5 Å². The van der Waals surface area contributed by atoms with Crippen molar-refractivity contribution in [2.24, 2.45) is 0 Å². The summed E-state index contributed by atoms with van der Waals surface area (Å²) in [4.78, 5) is 12.3. The van der Waals surface area contributed by atoms with Gasteiger partial charge >= 0.3 is 0 Å². The van der Waals surface area contributed by atoms with Crippen molar-refractivity contribution in [3.05, 3.63) is 66.2 Å². The average molecular weight is 406 g/mol. The number of ketones is 1. The zero-order chi connectivity index (χ0) is 20.2. The maximum absolute atomic E-state index is 12.3. The smallest absolute Gasteiger partial charge is 0.210 e. The van der Waals surface area contributed by atoms with E-state index in [1.54, 1.807) is 19.2 Å². The summed E-state index contributed by atoms with van der Waals surface area (Å²) < 4.78 is 6.53. The van der Waals surface area contributed by atoms with Crippen LogP contribution in [-0.2, 0) is 0 Å². The number of carbonyl (C=O) groups excluding carboxylic acids is 1. The summed E-state index contributed by atoms with van der Waals surface area (Å²) in [5, 5.41) is 15.9. The zero-order valence-corrected chi connectivity index (χ0v) is 16.4. The number of aromatic amines is 1. The van der Waals surface area contributed by atoms with E-state index in [4.69, 9.17) is 10.6 Å². The van der Waals surface area contributed by atoms with Gasteiger partial charge in [-0.2, -0.15) is 5.10 Å². The van der Waals surface area contributed by atoms with Crippen LogP contribution in [0.4, 0.5) is 0 Å². The quantitative estimate of drug-likeness (QED) is 0.276. The van der Waals surface area contributed by atoms with Gasteiger partial charge < -0.3 is 10.6 Å². The third-order valence-electron chi connectivity index (χ3n) is 4.30. The maximum Gasteiger partial charge on any atom is 0.210 e. The van der Waals surface area contributed by atoms with Crippen molar-refractivity contribution in [1.29, 1.82) is 0 Å². The average Bonchev–Trinajstić information content (AvgIpc) is 3.39. The number of hydrogen-bond acceptors (Lipinski definition) is 7. The van der Waals surface area contributed by atoms with Crippen LogP contribution in [0.3, 0.4) is 0 Å². The molecule has 2 aromatic heterocycles. The molecule has 0 amide bonds. The molecule has 0 aliphatic carbocycles.